The van der Waals surface area contributed by atoms with E-state index in [1.807, 2.05) is 18.0 Å². The minimum atomic E-state index is -0.786. The highest BCUT2D eigenvalue weighted by molar-refractivity contribution is 6.01. The normalized spacial score (nSPS) is 27.6. The van der Waals surface area contributed by atoms with Crippen molar-refractivity contribution in [3.05, 3.63) is 23.8 Å². The van der Waals surface area contributed by atoms with Crippen LogP contribution in [-0.2, 0) is 9.59 Å². The molecule has 1 aromatic rings. The first-order valence-electron chi connectivity index (χ1n) is 9.08. The minimum Gasteiger partial charge on any atom is -0.481 e. The Labute approximate surface area is 152 Å². The molecule has 1 aromatic carbocycles. The SMILES string of the molecule is CN1CCC(=O)Nc2cc(C(=O)N3C[C@@H]4CCC[C@@]4(C(=O)O)C3)ccc21. The molecule has 2 N–H and O–H groups in total. The highest BCUT2D eigenvalue weighted by Gasteiger charge is 2.55. The van der Waals surface area contributed by atoms with Crippen molar-refractivity contribution < 1.29 is 19.5 Å². The van der Waals surface area contributed by atoms with E-state index >= 15 is 0 Å². The van der Waals surface area contributed by atoms with Crippen molar-refractivity contribution >= 4 is 29.2 Å². The van der Waals surface area contributed by atoms with Gasteiger partial charge >= 0.3 is 5.97 Å². The van der Waals surface area contributed by atoms with Gasteiger partial charge in [-0.2, -0.15) is 0 Å². The quantitative estimate of drug-likeness (QED) is 0.842. The van der Waals surface area contributed by atoms with Crippen molar-refractivity contribution in [1.29, 1.82) is 0 Å². The second-order valence-electron chi connectivity index (χ2n) is 7.69. The summed E-state index contributed by atoms with van der Waals surface area (Å²) in [6, 6.07) is 5.31. The van der Waals surface area contributed by atoms with Gasteiger partial charge in [-0.1, -0.05) is 6.42 Å². The smallest absolute Gasteiger partial charge is 0.311 e. The molecule has 3 aliphatic rings. The van der Waals surface area contributed by atoms with E-state index in [1.165, 1.54) is 0 Å². The number of nitrogens with zero attached hydrogens (tertiary/aromatic N) is 2. The number of hydrogen-bond donors (Lipinski definition) is 2. The van der Waals surface area contributed by atoms with Gasteiger partial charge in [0.1, 0.15) is 0 Å². The largest absolute Gasteiger partial charge is 0.481 e. The average molecular weight is 357 g/mol. The number of aliphatic carboxylic acids is 1. The van der Waals surface area contributed by atoms with Crippen LogP contribution < -0.4 is 10.2 Å². The third-order valence-electron chi connectivity index (χ3n) is 6.19. The molecule has 2 amide bonds. The molecule has 4 rings (SSSR count). The molecular formula is C19H23N3O4. The molecule has 7 nitrogen and oxygen atoms in total. The first-order valence-corrected chi connectivity index (χ1v) is 9.08. The fourth-order valence-corrected chi connectivity index (χ4v) is 4.68. The summed E-state index contributed by atoms with van der Waals surface area (Å²) in [5, 5.41) is 12.6. The molecule has 0 spiro atoms. The molecule has 7 heteroatoms. The number of nitrogens with one attached hydrogen (secondary N) is 1. The standard InChI is InChI=1S/C19H23N3O4/c1-21-8-6-16(23)20-14-9-12(4-5-15(14)21)17(24)22-10-13-3-2-7-19(13,11-22)18(25)26/h4-5,9,13H,2-3,6-8,10-11H2,1H3,(H,20,23)(H,25,26)/t13-,19+/m0/s1. The lowest BCUT2D eigenvalue weighted by Gasteiger charge is -2.24. The average Bonchev–Trinajstić information content (AvgIpc) is 3.13. The van der Waals surface area contributed by atoms with Crippen LogP contribution in [0.3, 0.4) is 0 Å². The molecule has 0 bridgehead atoms. The van der Waals surface area contributed by atoms with Gasteiger partial charge in [0.25, 0.3) is 5.91 Å². The van der Waals surface area contributed by atoms with Crippen LogP contribution in [0.25, 0.3) is 0 Å². The number of amides is 2. The maximum absolute atomic E-state index is 13.0. The van der Waals surface area contributed by atoms with Crippen LogP contribution in [0.2, 0.25) is 0 Å². The van der Waals surface area contributed by atoms with Crippen LogP contribution in [0.15, 0.2) is 18.2 Å². The zero-order chi connectivity index (χ0) is 18.5. The molecule has 1 saturated heterocycles. The summed E-state index contributed by atoms with van der Waals surface area (Å²) in [7, 11) is 1.92. The molecule has 2 heterocycles. The second-order valence-corrected chi connectivity index (χ2v) is 7.69. The fourth-order valence-electron chi connectivity index (χ4n) is 4.68. The van der Waals surface area contributed by atoms with Crippen LogP contribution in [0.1, 0.15) is 36.0 Å². The van der Waals surface area contributed by atoms with Crippen LogP contribution in [0, 0.1) is 11.3 Å². The van der Waals surface area contributed by atoms with E-state index in [1.54, 1.807) is 17.0 Å². The fraction of sp³-hybridized carbons (Fsp3) is 0.526. The summed E-state index contributed by atoms with van der Waals surface area (Å²) >= 11 is 0. The van der Waals surface area contributed by atoms with E-state index in [0.717, 1.165) is 18.5 Å². The molecule has 2 fully saturated rings. The van der Waals surface area contributed by atoms with Gasteiger partial charge in [-0.25, -0.2) is 0 Å². The van der Waals surface area contributed by atoms with Crippen molar-refractivity contribution in [2.75, 3.05) is 36.9 Å². The van der Waals surface area contributed by atoms with E-state index in [0.29, 0.717) is 37.2 Å². The first kappa shape index (κ1) is 16.9. The summed E-state index contributed by atoms with van der Waals surface area (Å²) in [5.41, 5.74) is 1.22. The Morgan fingerprint density at radius 3 is 2.88 bits per heavy atom. The molecule has 2 atom stereocenters. The van der Waals surface area contributed by atoms with Crippen LogP contribution in [0.5, 0.6) is 0 Å². The molecular weight excluding hydrogens is 334 g/mol. The highest BCUT2D eigenvalue weighted by atomic mass is 16.4. The van der Waals surface area contributed by atoms with Gasteiger partial charge in [0, 0.05) is 38.7 Å². The van der Waals surface area contributed by atoms with Crippen molar-refractivity contribution in [2.24, 2.45) is 11.3 Å². The topological polar surface area (TPSA) is 90.0 Å². The lowest BCUT2D eigenvalue weighted by Crippen LogP contribution is -2.37. The lowest BCUT2D eigenvalue weighted by atomic mass is 9.81. The Morgan fingerprint density at radius 2 is 2.15 bits per heavy atom. The van der Waals surface area contributed by atoms with E-state index in [4.69, 9.17) is 0 Å². The number of likely N-dealkylation sites (tertiary alicyclic amines) is 1. The molecule has 138 valence electrons. The number of fused-ring (bicyclic) bond motifs is 2. The Kier molecular flexibility index (Phi) is 3.89. The van der Waals surface area contributed by atoms with Crippen molar-refractivity contribution in [1.82, 2.24) is 4.90 Å². The number of benzene rings is 1. The maximum atomic E-state index is 13.0. The Bertz CT molecular complexity index is 793. The summed E-state index contributed by atoms with van der Waals surface area (Å²) in [5.74, 6) is -0.980. The molecule has 0 aromatic heterocycles. The Hall–Kier alpha value is -2.57. The summed E-state index contributed by atoms with van der Waals surface area (Å²) in [6.45, 7) is 1.39. The predicted molar refractivity (Wildman–Crippen MR) is 96.3 cm³/mol. The monoisotopic (exact) mass is 357 g/mol. The second kappa shape index (κ2) is 6.00. The maximum Gasteiger partial charge on any atom is 0.311 e. The van der Waals surface area contributed by atoms with Crippen molar-refractivity contribution in [3.8, 4) is 0 Å². The molecule has 1 saturated carbocycles. The lowest BCUT2D eigenvalue weighted by molar-refractivity contribution is -0.149. The van der Waals surface area contributed by atoms with Crippen LogP contribution in [0.4, 0.5) is 11.4 Å². The number of rotatable bonds is 2. The molecule has 0 radical (unpaired) electrons. The minimum absolute atomic E-state index is 0.0376. The number of anilines is 2. The first-order chi connectivity index (χ1) is 12.4. The van der Waals surface area contributed by atoms with E-state index in [2.05, 4.69) is 5.32 Å². The zero-order valence-corrected chi connectivity index (χ0v) is 14.8. The number of carbonyl (C=O) groups is 3. The van der Waals surface area contributed by atoms with Gasteiger partial charge in [0.15, 0.2) is 0 Å². The third kappa shape index (κ3) is 2.53. The zero-order valence-electron chi connectivity index (χ0n) is 14.8. The summed E-state index contributed by atoms with van der Waals surface area (Å²) in [6.07, 6.45) is 2.82. The molecule has 26 heavy (non-hydrogen) atoms. The van der Waals surface area contributed by atoms with E-state index in [-0.39, 0.29) is 24.3 Å². The molecule has 1 aliphatic carbocycles. The van der Waals surface area contributed by atoms with E-state index in [9.17, 15) is 19.5 Å². The van der Waals surface area contributed by atoms with Crippen LogP contribution in [-0.4, -0.2) is 54.5 Å². The van der Waals surface area contributed by atoms with Gasteiger partial charge in [-0.15, -0.1) is 0 Å². The number of hydrogen-bond acceptors (Lipinski definition) is 4. The predicted octanol–water partition coefficient (Wildman–Crippen LogP) is 1.79. The molecule has 0 unspecified atom stereocenters. The van der Waals surface area contributed by atoms with Crippen molar-refractivity contribution in [2.45, 2.75) is 25.7 Å². The third-order valence-corrected chi connectivity index (χ3v) is 6.19. The van der Waals surface area contributed by atoms with Gasteiger partial charge in [-0.05, 0) is 37.0 Å². The van der Waals surface area contributed by atoms with Gasteiger partial charge in [-0.3, -0.25) is 14.4 Å². The highest BCUT2D eigenvalue weighted by Crippen LogP contribution is 2.49. The van der Waals surface area contributed by atoms with Gasteiger partial charge in [0.05, 0.1) is 16.8 Å². The Balaban J connectivity index is 1.60. The molecule has 2 aliphatic heterocycles. The summed E-state index contributed by atoms with van der Waals surface area (Å²) in [4.78, 5) is 40.3. The number of carbonyl (C=O) groups excluding carboxylic acids is 2. The van der Waals surface area contributed by atoms with Gasteiger partial charge in [0.2, 0.25) is 5.91 Å². The van der Waals surface area contributed by atoms with Crippen LogP contribution >= 0.6 is 0 Å². The number of carboxylic acids is 1. The van der Waals surface area contributed by atoms with Gasteiger partial charge < -0.3 is 20.2 Å². The summed E-state index contributed by atoms with van der Waals surface area (Å²) < 4.78 is 0. The van der Waals surface area contributed by atoms with Crippen molar-refractivity contribution in [3.63, 3.8) is 0 Å². The Morgan fingerprint density at radius 1 is 1.35 bits per heavy atom. The van der Waals surface area contributed by atoms with E-state index < -0.39 is 11.4 Å². The number of carboxylic acid groups (broad SMARTS) is 1.